The summed E-state index contributed by atoms with van der Waals surface area (Å²) in [5.41, 5.74) is 2.90. The van der Waals surface area contributed by atoms with Gasteiger partial charge in [-0.3, -0.25) is 14.7 Å². The van der Waals surface area contributed by atoms with Gasteiger partial charge in [-0.25, -0.2) is 0 Å². The normalized spacial score (nSPS) is 16.2. The van der Waals surface area contributed by atoms with Gasteiger partial charge >= 0.3 is 6.18 Å². The molecule has 1 aliphatic rings. The van der Waals surface area contributed by atoms with Gasteiger partial charge in [-0.15, -0.1) is 0 Å². The predicted octanol–water partition coefficient (Wildman–Crippen LogP) is 4.25. The van der Waals surface area contributed by atoms with E-state index in [2.05, 4.69) is 10.3 Å². The molecule has 1 fully saturated rings. The standard InChI is InChI=1S/C21H20F3N3O2/c22-21(23,24)13-27-10-6-16(7-11-27)26-20(28)15-3-1-14(2-4-15)19-17-8-12-29-18(17)5-9-25-19/h1-5,8-9,12,16H,6-7,10-11,13H2,(H,26,28). The number of furan rings is 1. The molecular weight excluding hydrogens is 383 g/mol. The van der Waals surface area contributed by atoms with Crippen molar-refractivity contribution in [1.82, 2.24) is 15.2 Å². The van der Waals surface area contributed by atoms with Crippen molar-refractivity contribution in [3.63, 3.8) is 0 Å². The van der Waals surface area contributed by atoms with Crippen LogP contribution in [-0.4, -0.2) is 47.6 Å². The van der Waals surface area contributed by atoms with Crippen LogP contribution in [0.5, 0.6) is 0 Å². The summed E-state index contributed by atoms with van der Waals surface area (Å²) in [4.78, 5) is 18.3. The molecule has 29 heavy (non-hydrogen) atoms. The second-order valence-corrected chi connectivity index (χ2v) is 7.21. The van der Waals surface area contributed by atoms with Crippen LogP contribution >= 0.6 is 0 Å². The van der Waals surface area contributed by atoms with E-state index in [1.165, 1.54) is 4.90 Å². The van der Waals surface area contributed by atoms with Crippen molar-refractivity contribution >= 4 is 16.9 Å². The first-order valence-electron chi connectivity index (χ1n) is 9.42. The number of carbonyl (C=O) groups is 1. The van der Waals surface area contributed by atoms with Crippen molar-refractivity contribution in [2.24, 2.45) is 0 Å². The molecule has 0 unspecified atom stereocenters. The van der Waals surface area contributed by atoms with Crippen LogP contribution in [0.3, 0.4) is 0 Å². The van der Waals surface area contributed by atoms with Crippen molar-refractivity contribution in [3.05, 3.63) is 54.4 Å². The minimum Gasteiger partial charge on any atom is -0.464 e. The summed E-state index contributed by atoms with van der Waals surface area (Å²) in [6, 6.07) is 10.6. The van der Waals surface area contributed by atoms with Gasteiger partial charge in [0.2, 0.25) is 0 Å². The van der Waals surface area contributed by atoms with Gasteiger partial charge in [0.1, 0.15) is 5.58 Å². The van der Waals surface area contributed by atoms with Crippen LogP contribution in [-0.2, 0) is 0 Å². The predicted molar refractivity (Wildman–Crippen MR) is 102 cm³/mol. The van der Waals surface area contributed by atoms with E-state index in [0.717, 1.165) is 22.2 Å². The molecule has 1 aromatic carbocycles. The Hall–Kier alpha value is -2.87. The number of halogens is 3. The number of benzene rings is 1. The fourth-order valence-electron chi connectivity index (χ4n) is 3.66. The Kier molecular flexibility index (Phi) is 5.27. The van der Waals surface area contributed by atoms with Crippen LogP contribution in [0.1, 0.15) is 23.2 Å². The smallest absolute Gasteiger partial charge is 0.401 e. The van der Waals surface area contributed by atoms with E-state index in [0.29, 0.717) is 31.5 Å². The molecule has 0 spiro atoms. The lowest BCUT2D eigenvalue weighted by atomic mass is 10.0. The molecule has 3 heterocycles. The number of pyridine rings is 1. The summed E-state index contributed by atoms with van der Waals surface area (Å²) in [5.74, 6) is -0.222. The van der Waals surface area contributed by atoms with Crippen LogP contribution in [0, 0.1) is 0 Å². The van der Waals surface area contributed by atoms with Crippen molar-refractivity contribution in [2.45, 2.75) is 25.1 Å². The molecule has 2 aromatic heterocycles. The van der Waals surface area contributed by atoms with Crippen LogP contribution in [0.25, 0.3) is 22.2 Å². The molecule has 8 heteroatoms. The second-order valence-electron chi connectivity index (χ2n) is 7.21. The third kappa shape index (κ3) is 4.59. The van der Waals surface area contributed by atoms with Crippen LogP contribution in [0.4, 0.5) is 13.2 Å². The highest BCUT2D eigenvalue weighted by Gasteiger charge is 2.32. The van der Waals surface area contributed by atoms with E-state index in [1.54, 1.807) is 30.7 Å². The minimum atomic E-state index is -4.19. The molecule has 0 aliphatic carbocycles. The van der Waals surface area contributed by atoms with E-state index < -0.39 is 12.7 Å². The third-order valence-corrected chi connectivity index (χ3v) is 5.13. The van der Waals surface area contributed by atoms with Gasteiger partial charge in [0.25, 0.3) is 5.91 Å². The summed E-state index contributed by atoms with van der Waals surface area (Å²) < 4.78 is 42.8. The van der Waals surface area contributed by atoms with E-state index in [9.17, 15) is 18.0 Å². The fourth-order valence-corrected chi connectivity index (χ4v) is 3.66. The molecule has 152 valence electrons. The van der Waals surface area contributed by atoms with E-state index >= 15 is 0 Å². The number of nitrogens with one attached hydrogen (secondary N) is 1. The molecule has 4 rings (SSSR count). The zero-order valence-electron chi connectivity index (χ0n) is 15.6. The third-order valence-electron chi connectivity index (χ3n) is 5.13. The minimum absolute atomic E-state index is 0.118. The summed E-state index contributed by atoms with van der Waals surface area (Å²) >= 11 is 0. The average Bonchev–Trinajstić information content (AvgIpc) is 3.17. The average molecular weight is 403 g/mol. The second kappa shape index (κ2) is 7.87. The monoisotopic (exact) mass is 403 g/mol. The number of piperidine rings is 1. The number of alkyl halides is 3. The highest BCUT2D eigenvalue weighted by molar-refractivity contribution is 5.96. The number of likely N-dealkylation sites (tertiary alicyclic amines) is 1. The van der Waals surface area contributed by atoms with Crippen molar-refractivity contribution < 1.29 is 22.4 Å². The highest BCUT2D eigenvalue weighted by Crippen LogP contribution is 2.27. The zero-order valence-corrected chi connectivity index (χ0v) is 15.6. The largest absolute Gasteiger partial charge is 0.464 e. The van der Waals surface area contributed by atoms with Gasteiger partial charge in [-0.2, -0.15) is 13.2 Å². The van der Waals surface area contributed by atoms with Gasteiger partial charge in [0.15, 0.2) is 0 Å². The Morgan fingerprint density at radius 2 is 1.86 bits per heavy atom. The van der Waals surface area contributed by atoms with Crippen LogP contribution < -0.4 is 5.32 Å². The van der Waals surface area contributed by atoms with Crippen LogP contribution in [0.15, 0.2) is 53.3 Å². The summed E-state index contributed by atoms with van der Waals surface area (Å²) in [6.07, 6.45) is 0.108. The molecule has 1 N–H and O–H groups in total. The van der Waals surface area contributed by atoms with Gasteiger partial charge in [0.05, 0.1) is 18.5 Å². The molecule has 1 saturated heterocycles. The Bertz CT molecular complexity index is 990. The van der Waals surface area contributed by atoms with Crippen molar-refractivity contribution in [3.8, 4) is 11.3 Å². The first kappa shape index (κ1) is 19.4. The number of hydrogen-bond donors (Lipinski definition) is 1. The Morgan fingerprint density at radius 3 is 2.55 bits per heavy atom. The molecule has 1 amide bonds. The molecule has 3 aromatic rings. The number of nitrogens with zero attached hydrogens (tertiary/aromatic N) is 2. The van der Waals surface area contributed by atoms with E-state index in [1.807, 2.05) is 18.2 Å². The first-order chi connectivity index (χ1) is 13.9. The van der Waals surface area contributed by atoms with Crippen LogP contribution in [0.2, 0.25) is 0 Å². The molecule has 0 atom stereocenters. The fraction of sp³-hybridized carbons (Fsp3) is 0.333. The topological polar surface area (TPSA) is 58.4 Å². The maximum absolute atomic E-state index is 12.5. The maximum Gasteiger partial charge on any atom is 0.401 e. The van der Waals surface area contributed by atoms with E-state index in [-0.39, 0.29) is 11.9 Å². The molecule has 5 nitrogen and oxygen atoms in total. The lowest BCUT2D eigenvalue weighted by molar-refractivity contribution is -0.148. The number of aromatic nitrogens is 1. The number of hydrogen-bond acceptors (Lipinski definition) is 4. The SMILES string of the molecule is O=C(NC1CCN(CC(F)(F)F)CC1)c1ccc(-c2nccc3occc23)cc1. The Morgan fingerprint density at radius 1 is 1.14 bits per heavy atom. The van der Waals surface area contributed by atoms with Gasteiger partial charge in [0, 0.05) is 41.8 Å². The van der Waals surface area contributed by atoms with Gasteiger partial charge < -0.3 is 9.73 Å². The first-order valence-corrected chi connectivity index (χ1v) is 9.42. The van der Waals surface area contributed by atoms with E-state index in [4.69, 9.17) is 4.42 Å². The molecule has 0 bridgehead atoms. The quantitative estimate of drug-likeness (QED) is 0.708. The van der Waals surface area contributed by atoms with Crippen molar-refractivity contribution in [1.29, 1.82) is 0 Å². The number of amides is 1. The summed E-state index contributed by atoms with van der Waals surface area (Å²) in [5, 5.41) is 3.82. The number of carbonyl (C=O) groups excluding carboxylic acids is 1. The Labute approximate surface area is 165 Å². The molecular formula is C21H20F3N3O2. The number of fused-ring (bicyclic) bond motifs is 1. The van der Waals surface area contributed by atoms with Gasteiger partial charge in [-0.1, -0.05) is 12.1 Å². The molecule has 1 aliphatic heterocycles. The highest BCUT2D eigenvalue weighted by atomic mass is 19.4. The van der Waals surface area contributed by atoms with Gasteiger partial charge in [-0.05, 0) is 37.1 Å². The summed E-state index contributed by atoms with van der Waals surface area (Å²) in [7, 11) is 0. The zero-order chi connectivity index (χ0) is 20.4. The molecule has 0 saturated carbocycles. The lowest BCUT2D eigenvalue weighted by Crippen LogP contribution is -2.47. The van der Waals surface area contributed by atoms with Crippen molar-refractivity contribution in [2.75, 3.05) is 19.6 Å². The summed E-state index contributed by atoms with van der Waals surface area (Å²) in [6.45, 7) is -0.250. The Balaban J connectivity index is 1.37. The maximum atomic E-state index is 12.5. The molecule has 0 radical (unpaired) electrons. The number of rotatable bonds is 4. The lowest BCUT2D eigenvalue weighted by Gasteiger charge is -2.32.